The highest BCUT2D eigenvalue weighted by atomic mass is 35.5. The fourth-order valence-electron chi connectivity index (χ4n) is 2.89. The maximum absolute atomic E-state index is 9.42. The summed E-state index contributed by atoms with van der Waals surface area (Å²) < 4.78 is 0. The molecule has 1 aliphatic carbocycles. The van der Waals surface area contributed by atoms with Crippen molar-refractivity contribution in [3.63, 3.8) is 0 Å². The first-order chi connectivity index (χ1) is 10.1. The molecule has 1 aliphatic rings. The zero-order valence-electron chi connectivity index (χ0n) is 12.3. The minimum atomic E-state index is -0.00256. The van der Waals surface area contributed by atoms with Crippen molar-refractivity contribution in [2.45, 2.75) is 45.6 Å². The molecule has 6 heteroatoms. The molecule has 2 heterocycles. The lowest BCUT2D eigenvalue weighted by Crippen LogP contribution is -2.23. The van der Waals surface area contributed by atoms with Crippen molar-refractivity contribution in [2.75, 3.05) is 11.9 Å². The molecule has 0 saturated carbocycles. The largest absolute Gasteiger partial charge is 0.394 e. The van der Waals surface area contributed by atoms with Crippen LogP contribution in [0.3, 0.4) is 0 Å². The van der Waals surface area contributed by atoms with Gasteiger partial charge in [0.2, 0.25) is 5.28 Å². The van der Waals surface area contributed by atoms with Gasteiger partial charge in [-0.3, -0.25) is 0 Å². The van der Waals surface area contributed by atoms with Crippen LogP contribution >= 0.6 is 22.9 Å². The summed E-state index contributed by atoms with van der Waals surface area (Å²) in [5.74, 6) is 1.50. The molecule has 0 bridgehead atoms. The van der Waals surface area contributed by atoms with Gasteiger partial charge in [0.25, 0.3) is 0 Å². The third kappa shape index (κ3) is 2.87. The van der Waals surface area contributed by atoms with E-state index in [9.17, 15) is 5.11 Å². The van der Waals surface area contributed by atoms with E-state index >= 15 is 0 Å². The summed E-state index contributed by atoms with van der Waals surface area (Å²) in [5, 5.41) is 14.1. The maximum atomic E-state index is 9.42. The Morgan fingerprint density at radius 1 is 1.48 bits per heavy atom. The molecular formula is C15H20ClN3OS. The lowest BCUT2D eigenvalue weighted by Gasteiger charge is -2.19. The minimum absolute atomic E-state index is 0.00256. The molecule has 0 aromatic carbocycles. The summed E-state index contributed by atoms with van der Waals surface area (Å²) in [7, 11) is 0. The van der Waals surface area contributed by atoms with Crippen LogP contribution in [0.15, 0.2) is 0 Å². The summed E-state index contributed by atoms with van der Waals surface area (Å²) in [6.07, 6.45) is 4.23. The van der Waals surface area contributed by atoms with Crippen molar-refractivity contribution < 1.29 is 5.11 Å². The first-order valence-electron chi connectivity index (χ1n) is 7.47. The molecule has 0 amide bonds. The zero-order chi connectivity index (χ0) is 15.0. The number of fused-ring (bicyclic) bond motifs is 3. The second-order valence-corrected chi connectivity index (χ2v) is 7.23. The molecular weight excluding hydrogens is 306 g/mol. The lowest BCUT2D eigenvalue weighted by atomic mass is 9.89. The van der Waals surface area contributed by atoms with Gasteiger partial charge in [0.15, 0.2) is 0 Å². The van der Waals surface area contributed by atoms with Crippen LogP contribution in [0.1, 0.15) is 37.1 Å². The van der Waals surface area contributed by atoms with Gasteiger partial charge in [-0.2, -0.15) is 0 Å². The molecule has 0 spiro atoms. The molecule has 3 rings (SSSR count). The quantitative estimate of drug-likeness (QED) is 0.842. The first kappa shape index (κ1) is 15.0. The van der Waals surface area contributed by atoms with Gasteiger partial charge >= 0.3 is 0 Å². The highest BCUT2D eigenvalue weighted by Gasteiger charge is 2.24. The van der Waals surface area contributed by atoms with E-state index in [2.05, 4.69) is 22.2 Å². The number of anilines is 1. The normalized spacial score (nSPS) is 19.5. The highest BCUT2D eigenvalue weighted by Crippen LogP contribution is 2.40. The fraction of sp³-hybridized carbons (Fsp3) is 0.600. The topological polar surface area (TPSA) is 58.0 Å². The SMILES string of the molecule is CCC(CO)Nc1nc(Cl)nc2sc3c(c12)CCC(C)C3. The van der Waals surface area contributed by atoms with Gasteiger partial charge in [-0.1, -0.05) is 13.8 Å². The lowest BCUT2D eigenvalue weighted by molar-refractivity contribution is 0.271. The van der Waals surface area contributed by atoms with Gasteiger partial charge in [0.1, 0.15) is 10.6 Å². The van der Waals surface area contributed by atoms with Gasteiger partial charge in [-0.15, -0.1) is 11.3 Å². The van der Waals surface area contributed by atoms with Crippen LogP contribution in [0.5, 0.6) is 0 Å². The third-order valence-electron chi connectivity index (χ3n) is 4.18. The Balaban J connectivity index is 2.10. The van der Waals surface area contributed by atoms with E-state index in [1.807, 2.05) is 6.92 Å². The standard InChI is InChI=1S/C15H20ClN3OS/c1-3-9(7-20)17-13-12-10-5-4-8(2)6-11(10)21-14(12)19-15(16)18-13/h8-9,20H,3-7H2,1-2H3,(H,17,18,19). The van der Waals surface area contributed by atoms with Crippen molar-refractivity contribution in [1.82, 2.24) is 9.97 Å². The van der Waals surface area contributed by atoms with E-state index in [-0.39, 0.29) is 17.9 Å². The van der Waals surface area contributed by atoms with Gasteiger partial charge in [0, 0.05) is 4.88 Å². The number of nitrogens with one attached hydrogen (secondary N) is 1. The van der Waals surface area contributed by atoms with Crippen LogP contribution in [0.25, 0.3) is 10.2 Å². The second-order valence-electron chi connectivity index (χ2n) is 5.81. The van der Waals surface area contributed by atoms with E-state index < -0.39 is 0 Å². The number of rotatable bonds is 4. The number of aliphatic hydroxyl groups excluding tert-OH is 1. The number of hydrogen-bond acceptors (Lipinski definition) is 5. The molecule has 21 heavy (non-hydrogen) atoms. The van der Waals surface area contributed by atoms with Crippen LogP contribution in [-0.4, -0.2) is 27.7 Å². The van der Waals surface area contributed by atoms with Gasteiger partial charge in [0.05, 0.1) is 18.0 Å². The number of hydrogen-bond donors (Lipinski definition) is 2. The van der Waals surface area contributed by atoms with Crippen molar-refractivity contribution in [2.24, 2.45) is 5.92 Å². The van der Waals surface area contributed by atoms with Gasteiger partial charge < -0.3 is 10.4 Å². The van der Waals surface area contributed by atoms with E-state index in [4.69, 9.17) is 11.6 Å². The van der Waals surface area contributed by atoms with E-state index in [0.29, 0.717) is 0 Å². The fourth-order valence-corrected chi connectivity index (χ4v) is 4.49. The molecule has 0 radical (unpaired) electrons. The number of thiophene rings is 1. The first-order valence-corrected chi connectivity index (χ1v) is 8.67. The van der Waals surface area contributed by atoms with E-state index in [0.717, 1.165) is 41.2 Å². The Bertz CT molecular complexity index is 654. The summed E-state index contributed by atoms with van der Waals surface area (Å²) in [5.41, 5.74) is 1.38. The van der Waals surface area contributed by atoms with Crippen LogP contribution in [-0.2, 0) is 12.8 Å². The number of aryl methyl sites for hydroxylation is 1. The third-order valence-corrected chi connectivity index (χ3v) is 5.50. The average molecular weight is 326 g/mol. The Morgan fingerprint density at radius 3 is 3.00 bits per heavy atom. The summed E-state index contributed by atoms with van der Waals surface area (Å²) in [6.45, 7) is 4.42. The minimum Gasteiger partial charge on any atom is -0.394 e. The zero-order valence-corrected chi connectivity index (χ0v) is 13.9. The molecule has 0 saturated heterocycles. The summed E-state index contributed by atoms with van der Waals surface area (Å²) >= 11 is 7.80. The van der Waals surface area contributed by atoms with Crippen LogP contribution in [0.4, 0.5) is 5.82 Å². The molecule has 2 unspecified atom stereocenters. The summed E-state index contributed by atoms with van der Waals surface area (Å²) in [6, 6.07) is -0.00256. The molecule has 2 atom stereocenters. The van der Waals surface area contributed by atoms with E-state index in [1.165, 1.54) is 16.9 Å². The van der Waals surface area contributed by atoms with Crippen LogP contribution in [0, 0.1) is 5.92 Å². The molecule has 2 aromatic rings. The smallest absolute Gasteiger partial charge is 0.225 e. The molecule has 2 N–H and O–H groups in total. The van der Waals surface area contributed by atoms with Crippen molar-refractivity contribution in [3.8, 4) is 0 Å². The number of halogens is 1. The molecule has 114 valence electrons. The number of nitrogens with zero attached hydrogens (tertiary/aromatic N) is 2. The average Bonchev–Trinajstić information content (AvgIpc) is 2.81. The molecule has 0 fully saturated rings. The molecule has 0 aliphatic heterocycles. The van der Waals surface area contributed by atoms with E-state index in [1.54, 1.807) is 11.3 Å². The Hall–Kier alpha value is -0.910. The van der Waals surface area contributed by atoms with Crippen molar-refractivity contribution in [3.05, 3.63) is 15.7 Å². The van der Waals surface area contributed by atoms with Crippen LogP contribution in [0.2, 0.25) is 5.28 Å². The monoisotopic (exact) mass is 325 g/mol. The van der Waals surface area contributed by atoms with Gasteiger partial charge in [-0.05, 0) is 48.8 Å². The predicted molar refractivity (Wildman–Crippen MR) is 88.4 cm³/mol. The Morgan fingerprint density at radius 2 is 2.29 bits per heavy atom. The van der Waals surface area contributed by atoms with Crippen LogP contribution < -0.4 is 5.32 Å². The number of aromatic nitrogens is 2. The molecule has 4 nitrogen and oxygen atoms in total. The van der Waals surface area contributed by atoms with Crippen molar-refractivity contribution in [1.29, 1.82) is 0 Å². The highest BCUT2D eigenvalue weighted by molar-refractivity contribution is 7.19. The Labute approximate surface area is 133 Å². The van der Waals surface area contributed by atoms with Gasteiger partial charge in [-0.25, -0.2) is 9.97 Å². The second kappa shape index (κ2) is 6.07. The Kier molecular flexibility index (Phi) is 4.33. The number of aliphatic hydroxyl groups is 1. The maximum Gasteiger partial charge on any atom is 0.225 e. The summed E-state index contributed by atoms with van der Waals surface area (Å²) in [4.78, 5) is 11.2. The van der Waals surface area contributed by atoms with Crippen molar-refractivity contribution >= 4 is 39.0 Å². The predicted octanol–water partition coefficient (Wildman–Crippen LogP) is 3.65. The molecule has 2 aromatic heterocycles.